The Labute approximate surface area is 149 Å². The number of methoxy groups -OCH3 is 1. The molecule has 7 nitrogen and oxygen atoms in total. The Morgan fingerprint density at radius 3 is 2.60 bits per heavy atom. The van der Waals surface area contributed by atoms with Crippen molar-refractivity contribution in [2.24, 2.45) is 17.3 Å². The highest BCUT2D eigenvalue weighted by Crippen LogP contribution is 2.33. The highest BCUT2D eigenvalue weighted by Gasteiger charge is 2.47. The molecule has 0 saturated carbocycles. The molecule has 1 N–H and O–H groups in total. The van der Waals surface area contributed by atoms with E-state index in [1.807, 2.05) is 13.8 Å². The molecule has 7 heteroatoms. The molecule has 2 saturated heterocycles. The summed E-state index contributed by atoms with van der Waals surface area (Å²) in [5, 5.41) is 9.54. The second-order valence-corrected chi connectivity index (χ2v) is 7.46. The lowest BCUT2D eigenvalue weighted by molar-refractivity contribution is -0.152. The van der Waals surface area contributed by atoms with Gasteiger partial charge in [0.05, 0.1) is 12.5 Å². The van der Waals surface area contributed by atoms with Crippen molar-refractivity contribution in [2.45, 2.75) is 39.5 Å². The molecule has 0 aliphatic carbocycles. The van der Waals surface area contributed by atoms with E-state index in [0.717, 1.165) is 19.3 Å². The fourth-order valence-electron chi connectivity index (χ4n) is 3.81. The number of ether oxygens (including phenoxy) is 1. The summed E-state index contributed by atoms with van der Waals surface area (Å²) in [5.74, 6) is -1.08. The van der Waals surface area contributed by atoms with Crippen molar-refractivity contribution in [2.75, 3.05) is 39.9 Å². The number of carbonyl (C=O) groups is 3. The Kier molecular flexibility index (Phi) is 6.43. The summed E-state index contributed by atoms with van der Waals surface area (Å²) in [6.07, 6.45) is 2.76. The number of amides is 2. The molecule has 2 amide bonds. The number of hydrogen-bond donors (Lipinski definition) is 1. The highest BCUT2D eigenvalue weighted by molar-refractivity contribution is 5.84. The zero-order valence-corrected chi connectivity index (χ0v) is 15.5. The summed E-state index contributed by atoms with van der Waals surface area (Å²) in [4.78, 5) is 40.4. The zero-order chi connectivity index (χ0) is 18.6. The molecule has 0 bridgehead atoms. The second-order valence-electron chi connectivity index (χ2n) is 7.46. The minimum Gasteiger partial charge on any atom is -0.481 e. The largest absolute Gasteiger partial charge is 0.481 e. The van der Waals surface area contributed by atoms with E-state index in [4.69, 9.17) is 4.74 Å². The first-order valence-electron chi connectivity index (χ1n) is 9.14. The molecule has 3 unspecified atom stereocenters. The molecule has 2 aliphatic heterocycles. The van der Waals surface area contributed by atoms with E-state index in [2.05, 4.69) is 0 Å². The van der Waals surface area contributed by atoms with Crippen LogP contribution in [-0.2, 0) is 19.1 Å². The Hall–Kier alpha value is -1.63. The summed E-state index contributed by atoms with van der Waals surface area (Å²) in [7, 11) is 1.48. The molecule has 2 aliphatic rings. The molecule has 0 spiro atoms. The molecule has 0 radical (unpaired) electrons. The Balaban J connectivity index is 2.01. The molecule has 2 rings (SSSR count). The van der Waals surface area contributed by atoms with E-state index < -0.39 is 11.4 Å². The lowest BCUT2D eigenvalue weighted by Crippen LogP contribution is -2.48. The average molecular weight is 354 g/mol. The molecular formula is C18H30N2O5. The molecule has 3 atom stereocenters. The fourth-order valence-corrected chi connectivity index (χ4v) is 3.81. The third-order valence-corrected chi connectivity index (χ3v) is 5.66. The van der Waals surface area contributed by atoms with Crippen LogP contribution in [0.3, 0.4) is 0 Å². The van der Waals surface area contributed by atoms with Crippen molar-refractivity contribution in [1.82, 2.24) is 9.80 Å². The van der Waals surface area contributed by atoms with Crippen molar-refractivity contribution in [1.29, 1.82) is 0 Å². The molecule has 0 aromatic heterocycles. The summed E-state index contributed by atoms with van der Waals surface area (Å²) in [5.41, 5.74) is -1.01. The summed E-state index contributed by atoms with van der Waals surface area (Å²) in [6, 6.07) is 0. The van der Waals surface area contributed by atoms with Gasteiger partial charge in [0.25, 0.3) is 0 Å². The predicted octanol–water partition coefficient (Wildman–Crippen LogP) is 1.22. The van der Waals surface area contributed by atoms with E-state index >= 15 is 0 Å². The number of rotatable bonds is 6. The van der Waals surface area contributed by atoms with Crippen LogP contribution in [0, 0.1) is 17.3 Å². The average Bonchev–Trinajstić information content (AvgIpc) is 3.05. The SMILES string of the molecule is CCC(C)C(=O)N1CCCC(C(=O)N2CCC(COC)(C(=O)O)C2)C1. The van der Waals surface area contributed by atoms with Gasteiger partial charge in [0.2, 0.25) is 11.8 Å². The maximum atomic E-state index is 12.9. The molecule has 2 fully saturated rings. The smallest absolute Gasteiger partial charge is 0.313 e. The van der Waals surface area contributed by atoms with E-state index in [-0.39, 0.29) is 36.8 Å². The van der Waals surface area contributed by atoms with Gasteiger partial charge >= 0.3 is 5.97 Å². The number of carboxylic acids is 1. The van der Waals surface area contributed by atoms with Gasteiger partial charge in [0.1, 0.15) is 5.41 Å². The van der Waals surface area contributed by atoms with Crippen molar-refractivity contribution < 1.29 is 24.2 Å². The Morgan fingerprint density at radius 1 is 1.28 bits per heavy atom. The number of nitrogens with zero attached hydrogens (tertiary/aromatic N) is 2. The van der Waals surface area contributed by atoms with Crippen LogP contribution in [0.25, 0.3) is 0 Å². The number of hydrogen-bond acceptors (Lipinski definition) is 4. The van der Waals surface area contributed by atoms with Gasteiger partial charge in [-0.05, 0) is 25.7 Å². The minimum atomic E-state index is -1.01. The van der Waals surface area contributed by atoms with Crippen molar-refractivity contribution >= 4 is 17.8 Å². The molecule has 0 aromatic carbocycles. The topological polar surface area (TPSA) is 87.2 Å². The first-order valence-corrected chi connectivity index (χ1v) is 9.14. The maximum Gasteiger partial charge on any atom is 0.313 e. The standard InChI is InChI=1S/C18H30N2O5/c1-4-13(2)15(21)19-8-5-6-14(10-19)16(22)20-9-7-18(11-20,12-25-3)17(23)24/h13-14H,4-12H2,1-3H3,(H,23,24). The third-order valence-electron chi connectivity index (χ3n) is 5.66. The van der Waals surface area contributed by atoms with Gasteiger partial charge < -0.3 is 19.6 Å². The van der Waals surface area contributed by atoms with Crippen LogP contribution < -0.4 is 0 Å². The van der Waals surface area contributed by atoms with E-state index in [1.165, 1.54) is 7.11 Å². The van der Waals surface area contributed by atoms with Crippen LogP contribution in [0.5, 0.6) is 0 Å². The normalized spacial score (nSPS) is 28.0. The van der Waals surface area contributed by atoms with Crippen molar-refractivity contribution in [3.05, 3.63) is 0 Å². The summed E-state index contributed by atoms with van der Waals surface area (Å²) < 4.78 is 5.08. The number of piperidine rings is 1. The Bertz CT molecular complexity index is 524. The summed E-state index contributed by atoms with van der Waals surface area (Å²) in [6.45, 7) is 5.78. The van der Waals surface area contributed by atoms with Crippen LogP contribution in [0.4, 0.5) is 0 Å². The van der Waals surface area contributed by atoms with Crippen LogP contribution >= 0.6 is 0 Å². The second kappa shape index (κ2) is 8.17. The van der Waals surface area contributed by atoms with Gasteiger partial charge in [-0.15, -0.1) is 0 Å². The lowest BCUT2D eigenvalue weighted by Gasteiger charge is -2.35. The zero-order valence-electron chi connectivity index (χ0n) is 15.5. The fraction of sp³-hybridized carbons (Fsp3) is 0.833. The first-order chi connectivity index (χ1) is 11.8. The van der Waals surface area contributed by atoms with E-state index in [9.17, 15) is 19.5 Å². The van der Waals surface area contributed by atoms with Crippen LogP contribution in [0.2, 0.25) is 0 Å². The van der Waals surface area contributed by atoms with Gasteiger partial charge in [-0.2, -0.15) is 0 Å². The molecule has 2 heterocycles. The number of carboxylic acid groups (broad SMARTS) is 1. The van der Waals surface area contributed by atoms with E-state index in [1.54, 1.807) is 9.80 Å². The molecule has 0 aromatic rings. The van der Waals surface area contributed by atoms with Crippen molar-refractivity contribution in [3.63, 3.8) is 0 Å². The predicted molar refractivity (Wildman–Crippen MR) is 91.9 cm³/mol. The van der Waals surface area contributed by atoms with Gasteiger partial charge in [0.15, 0.2) is 0 Å². The summed E-state index contributed by atoms with van der Waals surface area (Å²) >= 11 is 0. The highest BCUT2D eigenvalue weighted by atomic mass is 16.5. The number of carbonyl (C=O) groups excluding carboxylic acids is 2. The number of likely N-dealkylation sites (tertiary alicyclic amines) is 2. The minimum absolute atomic E-state index is 0.0259. The van der Waals surface area contributed by atoms with Gasteiger partial charge in [-0.3, -0.25) is 14.4 Å². The van der Waals surface area contributed by atoms with E-state index in [0.29, 0.717) is 26.1 Å². The molecule has 25 heavy (non-hydrogen) atoms. The van der Waals surface area contributed by atoms with Gasteiger partial charge in [-0.25, -0.2) is 0 Å². The van der Waals surface area contributed by atoms with Gasteiger partial charge in [-0.1, -0.05) is 13.8 Å². The van der Waals surface area contributed by atoms with Gasteiger partial charge in [0, 0.05) is 39.2 Å². The monoisotopic (exact) mass is 354 g/mol. The quantitative estimate of drug-likeness (QED) is 0.775. The first kappa shape index (κ1) is 19.7. The van der Waals surface area contributed by atoms with Crippen LogP contribution in [0.15, 0.2) is 0 Å². The molecule has 142 valence electrons. The van der Waals surface area contributed by atoms with Crippen LogP contribution in [0.1, 0.15) is 39.5 Å². The van der Waals surface area contributed by atoms with Crippen molar-refractivity contribution in [3.8, 4) is 0 Å². The Morgan fingerprint density at radius 2 is 2.00 bits per heavy atom. The van der Waals surface area contributed by atoms with Crippen LogP contribution in [-0.4, -0.2) is 72.6 Å². The number of aliphatic carboxylic acids is 1. The maximum absolute atomic E-state index is 12.9. The molecular weight excluding hydrogens is 324 g/mol. The lowest BCUT2D eigenvalue weighted by atomic mass is 9.88. The third kappa shape index (κ3) is 4.14.